The highest BCUT2D eigenvalue weighted by molar-refractivity contribution is 5.95. The fraction of sp³-hybridized carbons (Fsp3) is 0.381. The number of carbonyl (C=O) groups excluding carboxylic acids is 1. The van der Waals surface area contributed by atoms with Gasteiger partial charge in [0.1, 0.15) is 18.2 Å². The molecule has 1 unspecified atom stereocenters. The van der Waals surface area contributed by atoms with E-state index < -0.39 is 6.04 Å². The molecular formula is C21H25FN2O3. The Morgan fingerprint density at radius 1 is 1.30 bits per heavy atom. The van der Waals surface area contributed by atoms with Crippen molar-refractivity contribution in [1.82, 2.24) is 0 Å². The van der Waals surface area contributed by atoms with Gasteiger partial charge in [0, 0.05) is 18.9 Å². The van der Waals surface area contributed by atoms with Crippen LogP contribution in [-0.2, 0) is 16.1 Å². The topological polar surface area (TPSA) is 73.6 Å². The van der Waals surface area contributed by atoms with Gasteiger partial charge < -0.3 is 20.5 Å². The number of nitrogens with two attached hydrogens (primary N) is 1. The molecule has 6 heteroatoms. The van der Waals surface area contributed by atoms with E-state index in [2.05, 4.69) is 5.32 Å². The Hall–Kier alpha value is -2.44. The maximum absolute atomic E-state index is 13.2. The highest BCUT2D eigenvalue weighted by atomic mass is 19.1. The van der Waals surface area contributed by atoms with Crippen molar-refractivity contribution in [2.24, 2.45) is 11.7 Å². The van der Waals surface area contributed by atoms with Crippen LogP contribution in [0.25, 0.3) is 0 Å². The van der Waals surface area contributed by atoms with E-state index in [1.807, 2.05) is 19.1 Å². The molecule has 1 atom stereocenters. The van der Waals surface area contributed by atoms with Crippen LogP contribution in [0.5, 0.6) is 5.75 Å². The number of halogens is 1. The first-order valence-electron chi connectivity index (χ1n) is 9.15. The van der Waals surface area contributed by atoms with Crippen molar-refractivity contribution in [3.05, 3.63) is 59.4 Å². The predicted octanol–water partition coefficient (Wildman–Crippen LogP) is 3.41. The fourth-order valence-electron chi connectivity index (χ4n) is 3.16. The molecule has 1 fully saturated rings. The van der Waals surface area contributed by atoms with E-state index in [0.29, 0.717) is 24.7 Å². The average Bonchev–Trinajstić information content (AvgIpc) is 2.68. The summed E-state index contributed by atoms with van der Waals surface area (Å²) in [7, 11) is 0. The fourth-order valence-corrected chi connectivity index (χ4v) is 3.16. The summed E-state index contributed by atoms with van der Waals surface area (Å²) >= 11 is 0. The summed E-state index contributed by atoms with van der Waals surface area (Å²) in [5, 5.41) is 2.91. The maximum Gasteiger partial charge on any atom is 0.241 e. The Morgan fingerprint density at radius 2 is 2.07 bits per heavy atom. The number of anilines is 1. The van der Waals surface area contributed by atoms with Crippen molar-refractivity contribution in [2.45, 2.75) is 32.4 Å². The van der Waals surface area contributed by atoms with Gasteiger partial charge in [-0.1, -0.05) is 12.1 Å². The van der Waals surface area contributed by atoms with Gasteiger partial charge >= 0.3 is 0 Å². The highest BCUT2D eigenvalue weighted by Crippen LogP contribution is 2.24. The normalized spacial score (nSPS) is 16.0. The molecule has 2 aromatic rings. The summed E-state index contributed by atoms with van der Waals surface area (Å²) in [5.74, 6) is 0.334. The van der Waals surface area contributed by atoms with E-state index >= 15 is 0 Å². The number of carbonyl (C=O) groups is 1. The highest BCUT2D eigenvalue weighted by Gasteiger charge is 2.26. The van der Waals surface area contributed by atoms with E-state index in [4.69, 9.17) is 15.2 Å². The summed E-state index contributed by atoms with van der Waals surface area (Å²) in [6, 6.07) is 11.2. The van der Waals surface area contributed by atoms with Gasteiger partial charge in [0.2, 0.25) is 5.91 Å². The van der Waals surface area contributed by atoms with Crippen LogP contribution in [0.4, 0.5) is 10.1 Å². The van der Waals surface area contributed by atoms with Crippen LogP contribution >= 0.6 is 0 Å². The molecule has 1 amide bonds. The summed E-state index contributed by atoms with van der Waals surface area (Å²) in [5.41, 5.74) is 8.46. The van der Waals surface area contributed by atoms with Gasteiger partial charge in [-0.3, -0.25) is 4.79 Å². The Kier molecular flexibility index (Phi) is 6.42. The van der Waals surface area contributed by atoms with E-state index in [1.165, 1.54) is 12.1 Å². The molecule has 0 aliphatic carbocycles. The maximum atomic E-state index is 13.2. The van der Waals surface area contributed by atoms with Crippen LogP contribution in [0.15, 0.2) is 42.5 Å². The molecule has 5 nitrogen and oxygen atoms in total. The standard InChI is InChI=1S/C21H25FN2O3/c1-14-11-18(27-13-15-3-2-4-17(22)12-15)5-6-19(14)24-21(25)20(23)16-7-9-26-10-8-16/h2-6,11-12,16,20H,7-10,13,23H2,1H3,(H,24,25). The minimum atomic E-state index is -0.544. The first-order chi connectivity index (χ1) is 13.0. The number of amides is 1. The van der Waals surface area contributed by atoms with E-state index in [1.54, 1.807) is 18.2 Å². The predicted molar refractivity (Wildman–Crippen MR) is 102 cm³/mol. The van der Waals surface area contributed by atoms with Gasteiger partial charge in [-0.2, -0.15) is 0 Å². The summed E-state index contributed by atoms with van der Waals surface area (Å²) in [6.45, 7) is 3.48. The van der Waals surface area contributed by atoms with Crippen molar-refractivity contribution in [3.8, 4) is 5.75 Å². The van der Waals surface area contributed by atoms with Gasteiger partial charge in [-0.15, -0.1) is 0 Å². The molecule has 0 aromatic heterocycles. The third-order valence-electron chi connectivity index (χ3n) is 4.83. The zero-order valence-electron chi connectivity index (χ0n) is 15.4. The van der Waals surface area contributed by atoms with Crippen molar-refractivity contribution in [1.29, 1.82) is 0 Å². The lowest BCUT2D eigenvalue weighted by atomic mass is 9.92. The molecule has 3 rings (SSSR count). The van der Waals surface area contributed by atoms with Gasteiger partial charge in [-0.25, -0.2) is 4.39 Å². The van der Waals surface area contributed by atoms with Gasteiger partial charge in [0.25, 0.3) is 0 Å². The average molecular weight is 372 g/mol. The molecule has 1 heterocycles. The van der Waals surface area contributed by atoms with Crippen LogP contribution in [0.1, 0.15) is 24.0 Å². The van der Waals surface area contributed by atoms with Crippen molar-refractivity contribution >= 4 is 11.6 Å². The lowest BCUT2D eigenvalue weighted by molar-refractivity contribution is -0.119. The minimum Gasteiger partial charge on any atom is -0.489 e. The molecule has 1 saturated heterocycles. The number of benzene rings is 2. The van der Waals surface area contributed by atoms with Crippen LogP contribution < -0.4 is 15.8 Å². The number of hydrogen-bond acceptors (Lipinski definition) is 4. The van der Waals surface area contributed by atoms with E-state index in [-0.39, 0.29) is 24.2 Å². The number of rotatable bonds is 6. The van der Waals surface area contributed by atoms with Crippen LogP contribution in [0, 0.1) is 18.7 Å². The molecule has 2 aromatic carbocycles. The Morgan fingerprint density at radius 3 is 2.78 bits per heavy atom. The summed E-state index contributed by atoms with van der Waals surface area (Å²) in [6.07, 6.45) is 1.61. The third kappa shape index (κ3) is 5.28. The molecule has 27 heavy (non-hydrogen) atoms. The molecular weight excluding hydrogens is 347 g/mol. The Labute approximate surface area is 158 Å². The van der Waals surface area contributed by atoms with Crippen molar-refractivity contribution < 1.29 is 18.7 Å². The second-order valence-electron chi connectivity index (χ2n) is 6.86. The second-order valence-corrected chi connectivity index (χ2v) is 6.86. The van der Waals surface area contributed by atoms with Crippen molar-refractivity contribution in [2.75, 3.05) is 18.5 Å². The third-order valence-corrected chi connectivity index (χ3v) is 4.83. The Balaban J connectivity index is 1.58. The summed E-state index contributed by atoms with van der Waals surface area (Å²) < 4.78 is 24.3. The SMILES string of the molecule is Cc1cc(OCc2cccc(F)c2)ccc1NC(=O)C(N)C1CCOCC1. The molecule has 0 bridgehead atoms. The number of ether oxygens (including phenoxy) is 2. The number of aryl methyl sites for hydroxylation is 1. The Bertz CT molecular complexity index is 791. The first kappa shape index (κ1) is 19.3. The van der Waals surface area contributed by atoms with Crippen LogP contribution in [0.2, 0.25) is 0 Å². The smallest absolute Gasteiger partial charge is 0.241 e. The lowest BCUT2D eigenvalue weighted by Gasteiger charge is -2.27. The lowest BCUT2D eigenvalue weighted by Crippen LogP contribution is -2.44. The van der Waals surface area contributed by atoms with Gasteiger partial charge in [0.05, 0.1) is 6.04 Å². The first-order valence-corrected chi connectivity index (χ1v) is 9.15. The van der Waals surface area contributed by atoms with Crippen LogP contribution in [-0.4, -0.2) is 25.2 Å². The quantitative estimate of drug-likeness (QED) is 0.815. The largest absolute Gasteiger partial charge is 0.489 e. The second kappa shape index (κ2) is 8.97. The van der Waals surface area contributed by atoms with E-state index in [9.17, 15) is 9.18 Å². The van der Waals surface area contributed by atoms with Crippen LogP contribution in [0.3, 0.4) is 0 Å². The van der Waals surface area contributed by atoms with E-state index in [0.717, 1.165) is 24.0 Å². The van der Waals surface area contributed by atoms with Gasteiger partial charge in [0.15, 0.2) is 0 Å². The number of nitrogens with one attached hydrogen (secondary N) is 1. The molecule has 1 aliphatic heterocycles. The molecule has 0 radical (unpaired) electrons. The minimum absolute atomic E-state index is 0.146. The molecule has 0 spiro atoms. The molecule has 144 valence electrons. The van der Waals surface area contributed by atoms with Crippen molar-refractivity contribution in [3.63, 3.8) is 0 Å². The molecule has 3 N–H and O–H groups in total. The van der Waals surface area contributed by atoms with Gasteiger partial charge in [-0.05, 0) is 67.1 Å². The molecule has 1 aliphatic rings. The summed E-state index contributed by atoms with van der Waals surface area (Å²) in [4.78, 5) is 12.4. The number of hydrogen-bond donors (Lipinski definition) is 2. The zero-order chi connectivity index (χ0) is 19.2. The molecule has 0 saturated carbocycles. The monoisotopic (exact) mass is 372 g/mol. The zero-order valence-corrected chi connectivity index (χ0v) is 15.4.